The molecule has 2 aromatic rings. The highest BCUT2D eigenvalue weighted by Gasteiger charge is 2.36. The first-order chi connectivity index (χ1) is 12.4. The van der Waals surface area contributed by atoms with Crippen LogP contribution in [0.25, 0.3) is 0 Å². The third-order valence-electron chi connectivity index (χ3n) is 4.38. The van der Waals surface area contributed by atoms with E-state index in [2.05, 4.69) is 5.32 Å². The lowest BCUT2D eigenvalue weighted by molar-refractivity contribution is -0.122. The van der Waals surface area contributed by atoms with Crippen molar-refractivity contribution in [2.75, 3.05) is 23.9 Å². The van der Waals surface area contributed by atoms with Gasteiger partial charge in [-0.3, -0.25) is 9.59 Å². The van der Waals surface area contributed by atoms with Crippen LogP contribution in [-0.2, 0) is 9.59 Å². The SMILES string of the molecule is COc1ccc(Cl)cc1NC(=O)C1CC(=O)N(c2cc(Cl)ccc2C)C1. The Morgan fingerprint density at radius 1 is 1.19 bits per heavy atom. The Kier molecular flexibility index (Phi) is 5.39. The predicted octanol–water partition coefficient (Wildman–Crippen LogP) is 4.30. The standard InChI is InChI=1S/C19H18Cl2N2O3/c1-11-3-4-14(21)9-16(11)23-10-12(7-18(23)24)19(25)22-15-8-13(20)5-6-17(15)26-2/h3-6,8-9,12H,7,10H2,1-2H3,(H,22,25). The van der Waals surface area contributed by atoms with Crippen LogP contribution < -0.4 is 15.0 Å². The molecule has 0 spiro atoms. The number of rotatable bonds is 4. The molecule has 7 heteroatoms. The molecule has 0 bridgehead atoms. The zero-order valence-corrected chi connectivity index (χ0v) is 15.9. The number of aryl methyl sites for hydroxylation is 1. The summed E-state index contributed by atoms with van der Waals surface area (Å²) in [6, 6.07) is 10.4. The number of ether oxygens (including phenoxy) is 1. The lowest BCUT2D eigenvalue weighted by atomic mass is 10.1. The molecule has 0 aliphatic carbocycles. The van der Waals surface area contributed by atoms with Crippen molar-refractivity contribution < 1.29 is 14.3 Å². The summed E-state index contributed by atoms with van der Waals surface area (Å²) < 4.78 is 5.24. The molecule has 1 heterocycles. The van der Waals surface area contributed by atoms with Gasteiger partial charge in [0.05, 0.1) is 18.7 Å². The van der Waals surface area contributed by atoms with Gasteiger partial charge in [-0.2, -0.15) is 0 Å². The molecule has 3 rings (SSSR count). The molecule has 1 aliphatic rings. The Balaban J connectivity index is 1.77. The minimum absolute atomic E-state index is 0.103. The monoisotopic (exact) mass is 392 g/mol. The van der Waals surface area contributed by atoms with E-state index in [1.54, 1.807) is 35.2 Å². The molecule has 5 nitrogen and oxygen atoms in total. The minimum Gasteiger partial charge on any atom is -0.495 e. The molecule has 1 aliphatic heterocycles. The van der Waals surface area contributed by atoms with Crippen molar-refractivity contribution in [3.63, 3.8) is 0 Å². The third kappa shape index (κ3) is 3.79. The normalized spacial score (nSPS) is 16.7. The first kappa shape index (κ1) is 18.5. The van der Waals surface area contributed by atoms with Gasteiger partial charge in [0.25, 0.3) is 0 Å². The fraction of sp³-hybridized carbons (Fsp3) is 0.263. The largest absolute Gasteiger partial charge is 0.495 e. The van der Waals surface area contributed by atoms with Gasteiger partial charge < -0.3 is 15.0 Å². The van der Waals surface area contributed by atoms with Crippen LogP contribution in [0.4, 0.5) is 11.4 Å². The van der Waals surface area contributed by atoms with Crippen LogP contribution in [0.2, 0.25) is 10.0 Å². The fourth-order valence-corrected chi connectivity index (χ4v) is 3.34. The van der Waals surface area contributed by atoms with Crippen LogP contribution in [0.15, 0.2) is 36.4 Å². The zero-order valence-electron chi connectivity index (χ0n) is 14.4. The number of nitrogens with zero attached hydrogens (tertiary/aromatic N) is 1. The lowest BCUT2D eigenvalue weighted by Gasteiger charge is -2.19. The third-order valence-corrected chi connectivity index (χ3v) is 4.85. The topological polar surface area (TPSA) is 58.6 Å². The predicted molar refractivity (Wildman–Crippen MR) is 103 cm³/mol. The number of amides is 2. The summed E-state index contributed by atoms with van der Waals surface area (Å²) in [6.45, 7) is 2.21. The van der Waals surface area contributed by atoms with E-state index in [-0.39, 0.29) is 18.2 Å². The van der Waals surface area contributed by atoms with Gasteiger partial charge >= 0.3 is 0 Å². The molecule has 1 saturated heterocycles. The molecule has 26 heavy (non-hydrogen) atoms. The van der Waals surface area contributed by atoms with Crippen molar-refractivity contribution in [1.82, 2.24) is 0 Å². The number of nitrogens with one attached hydrogen (secondary N) is 1. The van der Waals surface area contributed by atoms with Gasteiger partial charge in [-0.05, 0) is 42.8 Å². The lowest BCUT2D eigenvalue weighted by Crippen LogP contribution is -2.28. The van der Waals surface area contributed by atoms with Crippen LogP contribution in [0, 0.1) is 12.8 Å². The van der Waals surface area contributed by atoms with E-state index in [1.807, 2.05) is 13.0 Å². The number of benzene rings is 2. The highest BCUT2D eigenvalue weighted by atomic mass is 35.5. The van der Waals surface area contributed by atoms with Crippen LogP contribution in [-0.4, -0.2) is 25.5 Å². The Hall–Kier alpha value is -2.24. The van der Waals surface area contributed by atoms with Gasteiger partial charge in [-0.15, -0.1) is 0 Å². The van der Waals surface area contributed by atoms with Gasteiger partial charge in [0.15, 0.2) is 0 Å². The van der Waals surface area contributed by atoms with E-state index in [9.17, 15) is 9.59 Å². The summed E-state index contributed by atoms with van der Waals surface area (Å²) in [7, 11) is 1.52. The first-order valence-corrected chi connectivity index (χ1v) is 8.85. The molecule has 2 aromatic carbocycles. The second-order valence-corrected chi connectivity index (χ2v) is 7.04. The van der Waals surface area contributed by atoms with Crippen molar-refractivity contribution in [3.8, 4) is 5.75 Å². The fourth-order valence-electron chi connectivity index (χ4n) is 3.00. The molecule has 1 unspecified atom stereocenters. The number of carbonyl (C=O) groups is 2. The summed E-state index contributed by atoms with van der Waals surface area (Å²) >= 11 is 12.0. The van der Waals surface area contributed by atoms with Crippen molar-refractivity contribution >= 4 is 46.4 Å². The highest BCUT2D eigenvalue weighted by molar-refractivity contribution is 6.31. The molecule has 2 amide bonds. The Morgan fingerprint density at radius 3 is 2.62 bits per heavy atom. The number of hydrogen-bond acceptors (Lipinski definition) is 3. The maximum absolute atomic E-state index is 12.7. The quantitative estimate of drug-likeness (QED) is 0.843. The zero-order chi connectivity index (χ0) is 18.8. The van der Waals surface area contributed by atoms with Crippen molar-refractivity contribution in [1.29, 1.82) is 0 Å². The molecule has 0 radical (unpaired) electrons. The average molecular weight is 393 g/mol. The second-order valence-electron chi connectivity index (χ2n) is 6.17. The van der Waals surface area contributed by atoms with E-state index < -0.39 is 5.92 Å². The number of methoxy groups -OCH3 is 1. The summed E-state index contributed by atoms with van der Waals surface area (Å²) in [4.78, 5) is 26.7. The molecule has 0 saturated carbocycles. The van der Waals surface area contributed by atoms with Crippen molar-refractivity contribution in [2.24, 2.45) is 5.92 Å². The molecular weight excluding hydrogens is 375 g/mol. The van der Waals surface area contributed by atoms with Crippen LogP contribution in [0.1, 0.15) is 12.0 Å². The second kappa shape index (κ2) is 7.56. The molecule has 1 atom stereocenters. The Morgan fingerprint density at radius 2 is 1.88 bits per heavy atom. The van der Waals surface area contributed by atoms with E-state index >= 15 is 0 Å². The molecule has 1 N–H and O–H groups in total. The maximum Gasteiger partial charge on any atom is 0.229 e. The van der Waals surface area contributed by atoms with E-state index in [1.165, 1.54) is 7.11 Å². The molecular formula is C19H18Cl2N2O3. The summed E-state index contributed by atoms with van der Waals surface area (Å²) in [6.07, 6.45) is 0.140. The number of carbonyl (C=O) groups excluding carboxylic acids is 2. The van der Waals surface area contributed by atoms with Crippen LogP contribution >= 0.6 is 23.2 Å². The van der Waals surface area contributed by atoms with E-state index in [0.717, 1.165) is 11.3 Å². The highest BCUT2D eigenvalue weighted by Crippen LogP contribution is 2.32. The summed E-state index contributed by atoms with van der Waals surface area (Å²) in [5, 5.41) is 3.85. The van der Waals surface area contributed by atoms with Crippen molar-refractivity contribution in [2.45, 2.75) is 13.3 Å². The minimum atomic E-state index is -0.468. The van der Waals surface area contributed by atoms with Gasteiger partial charge in [0.2, 0.25) is 11.8 Å². The van der Waals surface area contributed by atoms with E-state index in [0.29, 0.717) is 28.0 Å². The smallest absolute Gasteiger partial charge is 0.229 e. The number of hydrogen-bond donors (Lipinski definition) is 1. The van der Waals surface area contributed by atoms with Gasteiger partial charge in [-0.25, -0.2) is 0 Å². The van der Waals surface area contributed by atoms with Crippen LogP contribution in [0.3, 0.4) is 0 Å². The van der Waals surface area contributed by atoms with Gasteiger partial charge in [0.1, 0.15) is 5.75 Å². The summed E-state index contributed by atoms with van der Waals surface area (Å²) in [5.74, 6) is -0.311. The van der Waals surface area contributed by atoms with Crippen molar-refractivity contribution in [3.05, 3.63) is 52.0 Å². The Bertz CT molecular complexity index is 870. The average Bonchev–Trinajstić information content (AvgIpc) is 2.99. The maximum atomic E-state index is 12.7. The first-order valence-electron chi connectivity index (χ1n) is 8.10. The number of halogens is 2. The van der Waals surface area contributed by atoms with E-state index in [4.69, 9.17) is 27.9 Å². The Labute approximate surface area is 161 Å². The molecule has 0 aromatic heterocycles. The number of anilines is 2. The van der Waals surface area contributed by atoms with Gasteiger partial charge in [-0.1, -0.05) is 29.3 Å². The molecule has 1 fully saturated rings. The van der Waals surface area contributed by atoms with Crippen LogP contribution in [0.5, 0.6) is 5.75 Å². The molecule has 136 valence electrons. The van der Waals surface area contributed by atoms with Gasteiger partial charge in [0, 0.05) is 28.7 Å². The summed E-state index contributed by atoms with van der Waals surface area (Å²) in [5.41, 5.74) is 2.15.